The second-order valence-electron chi connectivity index (χ2n) is 2.99. The molecule has 0 heteroatoms. The molecular weight excluding hydrogens is 108 g/mol. The Morgan fingerprint density at radius 3 is 2.44 bits per heavy atom. The number of hydrogen-bond donors (Lipinski definition) is 0. The second kappa shape index (κ2) is 1.50. The molecule has 47 valence electrons. The molecule has 0 aromatic heterocycles. The van der Waals surface area contributed by atoms with E-state index < -0.39 is 0 Å². The minimum absolute atomic E-state index is 0.647. The van der Waals surface area contributed by atoms with Crippen molar-refractivity contribution in [1.29, 1.82) is 0 Å². The molecule has 0 heterocycles. The van der Waals surface area contributed by atoms with Gasteiger partial charge in [0.2, 0.25) is 0 Å². The van der Waals surface area contributed by atoms with Crippen LogP contribution in [-0.2, 0) is 0 Å². The van der Waals surface area contributed by atoms with Gasteiger partial charge in [-0.15, -0.1) is 0 Å². The van der Waals surface area contributed by atoms with Gasteiger partial charge in [-0.25, -0.2) is 0 Å². The van der Waals surface area contributed by atoms with Crippen LogP contribution < -0.4 is 0 Å². The monoisotopic (exact) mass is 119 g/mol. The quantitative estimate of drug-likeness (QED) is 0.459. The first kappa shape index (κ1) is 5.28. The third-order valence-electron chi connectivity index (χ3n) is 2.44. The van der Waals surface area contributed by atoms with Crippen LogP contribution in [0.25, 0.3) is 0 Å². The molecule has 0 spiro atoms. The average molecular weight is 119 g/mol. The molecule has 2 rings (SSSR count). The van der Waals surface area contributed by atoms with Crippen LogP contribution >= 0.6 is 0 Å². The summed E-state index contributed by atoms with van der Waals surface area (Å²) in [5.41, 5.74) is 4.69. The maximum atomic E-state index is 3.42. The van der Waals surface area contributed by atoms with E-state index in [1.165, 1.54) is 18.4 Å². The van der Waals surface area contributed by atoms with E-state index in [4.69, 9.17) is 0 Å². The first-order valence-electron chi connectivity index (χ1n) is 3.61. The van der Waals surface area contributed by atoms with Gasteiger partial charge in [-0.2, -0.15) is 0 Å². The van der Waals surface area contributed by atoms with Crippen LogP contribution in [0.3, 0.4) is 0 Å². The van der Waals surface area contributed by atoms with Crippen molar-refractivity contribution in [2.24, 2.45) is 5.92 Å². The Hall–Kier alpha value is -0.520. The predicted molar refractivity (Wildman–Crippen MR) is 37.9 cm³/mol. The van der Waals surface area contributed by atoms with Crippen LogP contribution in [0, 0.1) is 12.0 Å². The van der Waals surface area contributed by atoms with Gasteiger partial charge in [-0.1, -0.05) is 12.5 Å². The fraction of sp³-hybridized carbons (Fsp3) is 0.556. The van der Waals surface area contributed by atoms with E-state index in [-0.39, 0.29) is 0 Å². The van der Waals surface area contributed by atoms with Crippen molar-refractivity contribution in [3.63, 3.8) is 0 Å². The summed E-state index contributed by atoms with van der Waals surface area (Å²) >= 11 is 0. The predicted octanol–water partition coefficient (Wildman–Crippen LogP) is 2.48. The summed E-state index contributed by atoms with van der Waals surface area (Å²) in [4.78, 5) is 0. The van der Waals surface area contributed by atoms with E-state index >= 15 is 0 Å². The Labute approximate surface area is 56.3 Å². The van der Waals surface area contributed by atoms with Crippen LogP contribution in [0.4, 0.5) is 0 Å². The van der Waals surface area contributed by atoms with E-state index in [9.17, 15) is 0 Å². The number of rotatable bonds is 0. The fourth-order valence-electron chi connectivity index (χ4n) is 1.80. The second-order valence-corrected chi connectivity index (χ2v) is 2.99. The Morgan fingerprint density at radius 2 is 2.22 bits per heavy atom. The van der Waals surface area contributed by atoms with Gasteiger partial charge in [-0.3, -0.25) is 0 Å². The van der Waals surface area contributed by atoms with E-state index in [1.54, 1.807) is 11.1 Å². The van der Waals surface area contributed by atoms with Gasteiger partial charge in [0.1, 0.15) is 0 Å². The Balaban J connectivity index is 2.41. The van der Waals surface area contributed by atoms with Crippen LogP contribution in [0.5, 0.6) is 0 Å². The Bertz CT molecular complexity index is 206. The van der Waals surface area contributed by atoms with E-state index in [0.717, 1.165) is 0 Å². The zero-order valence-electron chi connectivity index (χ0n) is 5.99. The van der Waals surface area contributed by atoms with Crippen molar-refractivity contribution in [3.8, 4) is 0 Å². The summed E-state index contributed by atoms with van der Waals surface area (Å²) in [6.45, 7) is 4.42. The normalized spacial score (nSPS) is 31.8. The molecule has 0 nitrogen and oxygen atoms in total. The molecule has 0 aromatic rings. The number of hydrogen-bond acceptors (Lipinski definition) is 0. The van der Waals surface area contributed by atoms with Crippen molar-refractivity contribution < 1.29 is 0 Å². The number of allylic oxidation sites excluding steroid dienone is 4. The van der Waals surface area contributed by atoms with Gasteiger partial charge in [0.15, 0.2) is 0 Å². The van der Waals surface area contributed by atoms with E-state index in [2.05, 4.69) is 19.9 Å². The third-order valence-corrected chi connectivity index (χ3v) is 2.44. The molecule has 1 unspecified atom stereocenters. The van der Waals surface area contributed by atoms with Crippen LogP contribution in [0.1, 0.15) is 26.7 Å². The summed E-state index contributed by atoms with van der Waals surface area (Å²) < 4.78 is 0. The lowest BCUT2D eigenvalue weighted by Gasteiger charge is -2.20. The Kier molecular flexibility index (Phi) is 0.879. The molecule has 1 atom stereocenters. The molecule has 0 bridgehead atoms. The molecule has 1 radical (unpaired) electrons. The van der Waals surface area contributed by atoms with Gasteiger partial charge >= 0.3 is 0 Å². The standard InChI is InChI=1S/C9H11/c1-6-5-7(2)9-4-3-8(6)9/h6H,3-4H2,1-2H3. The van der Waals surface area contributed by atoms with Gasteiger partial charge < -0.3 is 0 Å². The van der Waals surface area contributed by atoms with Crippen LogP contribution in [0.2, 0.25) is 0 Å². The lowest BCUT2D eigenvalue weighted by Crippen LogP contribution is -2.04. The molecule has 0 aliphatic heterocycles. The highest BCUT2D eigenvalue weighted by atomic mass is 14.3. The molecule has 0 saturated heterocycles. The highest BCUT2D eigenvalue weighted by Gasteiger charge is 2.27. The van der Waals surface area contributed by atoms with Gasteiger partial charge in [0.25, 0.3) is 0 Å². The average Bonchev–Trinajstić information content (AvgIpc) is 1.73. The van der Waals surface area contributed by atoms with Crippen molar-refractivity contribution in [2.45, 2.75) is 26.7 Å². The topological polar surface area (TPSA) is 0 Å². The molecule has 2 aliphatic carbocycles. The van der Waals surface area contributed by atoms with Crippen molar-refractivity contribution in [1.82, 2.24) is 0 Å². The van der Waals surface area contributed by atoms with E-state index in [0.29, 0.717) is 5.92 Å². The SMILES string of the molecule is CC1=[C]C(C)C2=C1CC2. The minimum Gasteiger partial charge on any atom is -0.0592 e. The van der Waals surface area contributed by atoms with Crippen molar-refractivity contribution in [2.75, 3.05) is 0 Å². The fourth-order valence-corrected chi connectivity index (χ4v) is 1.80. The lowest BCUT2D eigenvalue weighted by molar-refractivity contribution is 0.709. The maximum Gasteiger partial charge on any atom is 0.00316 e. The molecule has 0 N–H and O–H groups in total. The lowest BCUT2D eigenvalue weighted by atomic mass is 9.85. The van der Waals surface area contributed by atoms with Crippen molar-refractivity contribution in [3.05, 3.63) is 22.8 Å². The summed E-state index contributed by atoms with van der Waals surface area (Å²) in [5, 5.41) is 0. The molecule has 0 fully saturated rings. The first-order chi connectivity index (χ1) is 4.29. The minimum atomic E-state index is 0.647. The summed E-state index contributed by atoms with van der Waals surface area (Å²) in [7, 11) is 0. The summed E-state index contributed by atoms with van der Waals surface area (Å²) in [5.74, 6) is 0.647. The van der Waals surface area contributed by atoms with E-state index in [1.807, 2.05) is 0 Å². The smallest absolute Gasteiger partial charge is 0.00316 e. The van der Waals surface area contributed by atoms with Crippen LogP contribution in [0.15, 0.2) is 16.7 Å². The summed E-state index contributed by atoms with van der Waals surface area (Å²) in [6, 6.07) is 0. The Morgan fingerprint density at radius 1 is 1.44 bits per heavy atom. The molecule has 0 amide bonds. The molecule has 2 aliphatic rings. The van der Waals surface area contributed by atoms with Crippen molar-refractivity contribution >= 4 is 0 Å². The summed E-state index contributed by atoms with van der Waals surface area (Å²) in [6.07, 6.45) is 6.07. The molecule has 0 saturated carbocycles. The largest absolute Gasteiger partial charge is 0.0592 e. The molecule has 0 aromatic carbocycles. The first-order valence-corrected chi connectivity index (χ1v) is 3.61. The van der Waals surface area contributed by atoms with Gasteiger partial charge in [-0.05, 0) is 37.0 Å². The highest BCUT2D eigenvalue weighted by Crippen LogP contribution is 2.43. The highest BCUT2D eigenvalue weighted by molar-refractivity contribution is 5.46. The maximum absolute atomic E-state index is 3.42. The van der Waals surface area contributed by atoms with Gasteiger partial charge in [0, 0.05) is 5.92 Å². The molecule has 9 heavy (non-hydrogen) atoms. The zero-order valence-corrected chi connectivity index (χ0v) is 5.99. The zero-order chi connectivity index (χ0) is 6.43. The van der Waals surface area contributed by atoms with Crippen LogP contribution in [-0.4, -0.2) is 0 Å². The molecular formula is C9H11. The van der Waals surface area contributed by atoms with Gasteiger partial charge in [0.05, 0.1) is 0 Å². The third kappa shape index (κ3) is 0.536.